The van der Waals surface area contributed by atoms with E-state index in [-0.39, 0.29) is 37.6 Å². The number of carbonyl (C=O) groups is 4. The van der Waals surface area contributed by atoms with Gasteiger partial charge in [-0.05, 0) is 36.8 Å². The third kappa shape index (κ3) is 5.10. The standard InChI is InChI=1S/C23H23N5O4/c1-23(21(31)26-22(32)27-23)16-7-5-8-17(15-16)25-19(29)11-12-20(30)28(14-6-13-24)18-9-3-2-4-10-18/h2-5,7-10,15H,6,11-12,14H2,1H3,(H,25,29)(H2,26,27,31,32). The van der Waals surface area contributed by atoms with Crippen LogP contribution in [0.5, 0.6) is 0 Å². The fourth-order valence-electron chi connectivity index (χ4n) is 3.40. The van der Waals surface area contributed by atoms with Crippen molar-refractivity contribution in [2.24, 2.45) is 0 Å². The summed E-state index contributed by atoms with van der Waals surface area (Å²) in [7, 11) is 0. The summed E-state index contributed by atoms with van der Waals surface area (Å²) >= 11 is 0. The number of para-hydroxylation sites is 1. The minimum Gasteiger partial charge on any atom is -0.326 e. The fraction of sp³-hybridized carbons (Fsp3) is 0.261. The summed E-state index contributed by atoms with van der Waals surface area (Å²) in [5.41, 5.74) is 0.400. The van der Waals surface area contributed by atoms with Gasteiger partial charge in [0, 0.05) is 30.8 Å². The number of rotatable bonds is 8. The average molecular weight is 433 g/mol. The normalized spacial score (nSPS) is 17.1. The highest BCUT2D eigenvalue weighted by Gasteiger charge is 2.43. The highest BCUT2D eigenvalue weighted by Crippen LogP contribution is 2.26. The molecular weight excluding hydrogens is 410 g/mol. The molecule has 0 saturated carbocycles. The lowest BCUT2D eigenvalue weighted by molar-refractivity contribution is -0.123. The lowest BCUT2D eigenvalue weighted by Gasteiger charge is -2.22. The van der Waals surface area contributed by atoms with E-state index < -0.39 is 17.5 Å². The number of nitrogens with zero attached hydrogens (tertiary/aromatic N) is 2. The number of hydrogen-bond donors (Lipinski definition) is 3. The highest BCUT2D eigenvalue weighted by atomic mass is 16.2. The number of imide groups is 1. The number of hydrogen-bond acceptors (Lipinski definition) is 5. The molecule has 164 valence electrons. The second-order valence-corrected chi connectivity index (χ2v) is 7.45. The molecule has 3 N–H and O–H groups in total. The van der Waals surface area contributed by atoms with Gasteiger partial charge in [0.05, 0.1) is 12.5 Å². The molecule has 0 bridgehead atoms. The molecule has 9 heteroatoms. The van der Waals surface area contributed by atoms with Gasteiger partial charge in [-0.2, -0.15) is 5.26 Å². The van der Waals surface area contributed by atoms with Gasteiger partial charge in [0.15, 0.2) is 0 Å². The van der Waals surface area contributed by atoms with Crippen molar-refractivity contribution in [3.63, 3.8) is 0 Å². The van der Waals surface area contributed by atoms with E-state index in [1.54, 1.807) is 55.5 Å². The maximum absolute atomic E-state index is 12.7. The fourth-order valence-corrected chi connectivity index (χ4v) is 3.40. The van der Waals surface area contributed by atoms with Gasteiger partial charge in [0.2, 0.25) is 11.8 Å². The lowest BCUT2D eigenvalue weighted by Crippen LogP contribution is -2.40. The minimum atomic E-state index is -1.23. The highest BCUT2D eigenvalue weighted by molar-refractivity contribution is 6.07. The van der Waals surface area contributed by atoms with Crippen molar-refractivity contribution in [1.29, 1.82) is 5.26 Å². The third-order valence-electron chi connectivity index (χ3n) is 5.15. The van der Waals surface area contributed by atoms with Crippen molar-refractivity contribution in [1.82, 2.24) is 10.6 Å². The Kier molecular flexibility index (Phi) is 6.85. The molecular formula is C23H23N5O4. The maximum atomic E-state index is 12.7. The predicted molar refractivity (Wildman–Crippen MR) is 117 cm³/mol. The number of nitriles is 1. The third-order valence-corrected chi connectivity index (χ3v) is 5.15. The quantitative estimate of drug-likeness (QED) is 0.550. The van der Waals surface area contributed by atoms with Crippen LogP contribution in [0.1, 0.15) is 31.7 Å². The zero-order valence-electron chi connectivity index (χ0n) is 17.6. The second-order valence-electron chi connectivity index (χ2n) is 7.45. The van der Waals surface area contributed by atoms with Crippen LogP contribution in [0, 0.1) is 11.3 Å². The van der Waals surface area contributed by atoms with Gasteiger partial charge in [0.25, 0.3) is 5.91 Å². The van der Waals surface area contributed by atoms with Crippen LogP contribution in [-0.4, -0.2) is 30.3 Å². The van der Waals surface area contributed by atoms with Crippen LogP contribution in [0.15, 0.2) is 54.6 Å². The molecule has 1 aliphatic heterocycles. The maximum Gasteiger partial charge on any atom is 0.322 e. The van der Waals surface area contributed by atoms with Crippen LogP contribution in [0.2, 0.25) is 0 Å². The summed E-state index contributed by atoms with van der Waals surface area (Å²) in [4.78, 5) is 50.3. The monoisotopic (exact) mass is 433 g/mol. The summed E-state index contributed by atoms with van der Waals surface area (Å²) < 4.78 is 0. The number of benzene rings is 2. The topological polar surface area (TPSA) is 131 Å². The van der Waals surface area contributed by atoms with Crippen molar-refractivity contribution in [2.75, 3.05) is 16.8 Å². The van der Waals surface area contributed by atoms with E-state index >= 15 is 0 Å². The van der Waals surface area contributed by atoms with Gasteiger partial charge >= 0.3 is 6.03 Å². The first-order valence-corrected chi connectivity index (χ1v) is 10.1. The zero-order chi connectivity index (χ0) is 23.1. The summed E-state index contributed by atoms with van der Waals surface area (Å²) in [5, 5.41) is 16.4. The summed E-state index contributed by atoms with van der Waals surface area (Å²) in [5.74, 6) is -1.10. The van der Waals surface area contributed by atoms with Crippen molar-refractivity contribution in [3.8, 4) is 6.07 Å². The van der Waals surface area contributed by atoms with Gasteiger partial charge in [-0.25, -0.2) is 4.79 Å². The van der Waals surface area contributed by atoms with Crippen LogP contribution in [0.25, 0.3) is 0 Å². The SMILES string of the molecule is CC1(c2cccc(NC(=O)CCC(=O)N(CCC#N)c3ccccc3)c2)NC(=O)NC1=O. The molecule has 1 fully saturated rings. The smallest absolute Gasteiger partial charge is 0.322 e. The average Bonchev–Trinajstić information content (AvgIpc) is 3.05. The molecule has 5 amide bonds. The zero-order valence-corrected chi connectivity index (χ0v) is 17.6. The van der Waals surface area contributed by atoms with Gasteiger partial charge in [-0.3, -0.25) is 19.7 Å². The Morgan fingerprint density at radius 1 is 1.09 bits per heavy atom. The molecule has 1 atom stereocenters. The predicted octanol–water partition coefficient (Wildman–Crippen LogP) is 2.41. The Bertz CT molecular complexity index is 1080. The van der Waals surface area contributed by atoms with Crippen LogP contribution < -0.4 is 20.9 Å². The molecule has 2 aromatic carbocycles. The van der Waals surface area contributed by atoms with Gasteiger partial charge in [0.1, 0.15) is 5.54 Å². The Morgan fingerprint density at radius 3 is 2.50 bits per heavy atom. The molecule has 0 aliphatic carbocycles. The second kappa shape index (κ2) is 9.75. The molecule has 1 heterocycles. The van der Waals surface area contributed by atoms with E-state index in [9.17, 15) is 19.2 Å². The van der Waals surface area contributed by atoms with E-state index in [0.717, 1.165) is 0 Å². The first-order chi connectivity index (χ1) is 15.3. The van der Waals surface area contributed by atoms with Crippen molar-refractivity contribution >= 4 is 35.1 Å². The number of carbonyl (C=O) groups excluding carboxylic acids is 4. The molecule has 3 rings (SSSR count). The van der Waals surface area contributed by atoms with Gasteiger partial charge in [-0.1, -0.05) is 30.3 Å². The van der Waals surface area contributed by atoms with Crippen molar-refractivity contribution in [3.05, 3.63) is 60.2 Å². The molecule has 1 aliphatic rings. The Hall–Kier alpha value is -4.19. The van der Waals surface area contributed by atoms with Crippen LogP contribution >= 0.6 is 0 Å². The lowest BCUT2D eigenvalue weighted by atomic mass is 9.92. The number of nitrogens with one attached hydrogen (secondary N) is 3. The molecule has 2 aromatic rings. The van der Waals surface area contributed by atoms with Crippen LogP contribution in [0.3, 0.4) is 0 Å². The summed E-state index contributed by atoms with van der Waals surface area (Å²) in [6.07, 6.45) is 0.109. The van der Waals surface area contributed by atoms with Crippen LogP contribution in [0.4, 0.5) is 16.2 Å². The van der Waals surface area contributed by atoms with Gasteiger partial charge in [-0.15, -0.1) is 0 Å². The molecule has 1 unspecified atom stereocenters. The van der Waals surface area contributed by atoms with Crippen molar-refractivity contribution < 1.29 is 19.2 Å². The molecule has 1 saturated heterocycles. The van der Waals surface area contributed by atoms with Crippen LogP contribution in [-0.2, 0) is 19.9 Å². The van der Waals surface area contributed by atoms with E-state index in [0.29, 0.717) is 16.9 Å². The van der Waals surface area contributed by atoms with E-state index in [1.807, 2.05) is 12.1 Å². The Morgan fingerprint density at radius 2 is 1.84 bits per heavy atom. The number of amides is 5. The molecule has 32 heavy (non-hydrogen) atoms. The Labute approximate surface area is 185 Å². The summed E-state index contributed by atoms with van der Waals surface area (Å²) in [6, 6.07) is 17.0. The molecule has 0 spiro atoms. The van der Waals surface area contributed by atoms with E-state index in [1.165, 1.54) is 4.90 Å². The number of urea groups is 1. The first kappa shape index (κ1) is 22.5. The summed E-state index contributed by atoms with van der Waals surface area (Å²) in [6.45, 7) is 1.82. The molecule has 0 aromatic heterocycles. The van der Waals surface area contributed by atoms with Gasteiger partial charge < -0.3 is 15.5 Å². The van der Waals surface area contributed by atoms with E-state index in [2.05, 4.69) is 16.0 Å². The minimum absolute atomic E-state index is 0.0258. The first-order valence-electron chi connectivity index (χ1n) is 10.1. The molecule has 9 nitrogen and oxygen atoms in total. The molecule has 0 radical (unpaired) electrons. The Balaban J connectivity index is 1.62. The van der Waals surface area contributed by atoms with E-state index in [4.69, 9.17) is 5.26 Å². The largest absolute Gasteiger partial charge is 0.326 e. The number of anilines is 2. The van der Waals surface area contributed by atoms with Crippen molar-refractivity contribution in [2.45, 2.75) is 31.7 Å².